The molecule has 0 amide bonds. The molecule has 0 heterocycles. The Morgan fingerprint density at radius 3 is 1.36 bits per heavy atom. The molecule has 0 spiro atoms. The van der Waals surface area contributed by atoms with Crippen molar-refractivity contribution in [2.24, 2.45) is 0 Å². The van der Waals surface area contributed by atoms with Gasteiger partial charge in [-0.05, 0) is 0 Å². The van der Waals surface area contributed by atoms with E-state index in [1.54, 1.807) is 9.63 Å². The average molecular weight is 466 g/mol. The molecule has 74 valence electrons. The van der Waals surface area contributed by atoms with Crippen molar-refractivity contribution in [3.8, 4) is 0 Å². The van der Waals surface area contributed by atoms with E-state index in [0.29, 0.717) is 0 Å². The Hall–Kier alpha value is 2.18. The Morgan fingerprint density at radius 2 is 1.00 bits per heavy atom. The summed E-state index contributed by atoms with van der Waals surface area (Å²) in [6.07, 6.45) is 17.6. The summed E-state index contributed by atoms with van der Waals surface area (Å²) in [5.41, 5.74) is 0. The van der Waals surface area contributed by atoms with Gasteiger partial charge in [-0.25, -0.2) is 0 Å². The third-order valence-corrected chi connectivity index (χ3v) is 17.1. The quantitative estimate of drug-likeness (QED) is 0.535. The Bertz CT molecular complexity index is 126. The van der Waals surface area contributed by atoms with Crippen LogP contribution < -0.4 is 0 Å². The third-order valence-electron chi connectivity index (χ3n) is 1.52. The van der Waals surface area contributed by atoms with E-state index >= 15 is 0 Å². The van der Waals surface area contributed by atoms with Crippen LogP contribution in [0.3, 0.4) is 0 Å². The molecule has 0 unspecified atom stereocenters. The van der Waals surface area contributed by atoms with Crippen molar-refractivity contribution in [2.45, 2.75) is 0 Å². The Labute approximate surface area is 117 Å². The number of hydrogen-bond acceptors (Lipinski definition) is 0. The van der Waals surface area contributed by atoms with Crippen LogP contribution >= 0.6 is 0 Å². The largest absolute Gasteiger partial charge is 0 e. The second-order valence-electron chi connectivity index (χ2n) is 2.48. The van der Waals surface area contributed by atoms with E-state index in [1.807, 2.05) is 0 Å². The molecule has 0 aromatic rings. The zero-order valence-electron chi connectivity index (χ0n) is 7.20. The number of rotatable bonds is 4. The van der Waals surface area contributed by atoms with Gasteiger partial charge in [0.2, 0.25) is 0 Å². The summed E-state index contributed by atoms with van der Waals surface area (Å²) in [6, 6.07) is 0. The molecular weight excluding hydrogens is 458 g/mol. The summed E-state index contributed by atoms with van der Waals surface area (Å²) in [6.45, 7) is 0. The minimum atomic E-state index is 0. The second kappa shape index (κ2) is 8.30. The first-order chi connectivity index (χ1) is 6.45. The average Bonchev–Trinajstić information content (AvgIpc) is 2.75. The van der Waals surface area contributed by atoms with Gasteiger partial charge in [-0.3, -0.25) is 0 Å². The van der Waals surface area contributed by atoms with Crippen LogP contribution in [0.5, 0.6) is 0 Å². The SMILES string of the molecule is [CH]1[CH][CH][C]([Se][Se][Se][C]2[CH][CH][CH][CH]2)[CH]1.[Ru]. The molecule has 2 rings (SSSR count). The molecule has 14 heavy (non-hydrogen) atoms. The van der Waals surface area contributed by atoms with E-state index in [9.17, 15) is 0 Å². The molecule has 2 aliphatic rings. The van der Waals surface area contributed by atoms with Crippen molar-refractivity contribution in [1.29, 1.82) is 0 Å². The van der Waals surface area contributed by atoms with Gasteiger partial charge in [0.05, 0.1) is 0 Å². The molecule has 0 aromatic carbocycles. The summed E-state index contributed by atoms with van der Waals surface area (Å²) >= 11 is 2.37. The molecular formula is C10H8RuSe3. The van der Waals surface area contributed by atoms with Crippen LogP contribution in [0.25, 0.3) is 0 Å². The van der Waals surface area contributed by atoms with Gasteiger partial charge >= 0.3 is 98.6 Å². The Kier molecular flexibility index (Phi) is 8.44. The Morgan fingerprint density at radius 1 is 0.643 bits per heavy atom. The first-order valence-electron chi connectivity index (χ1n) is 3.90. The number of hydrogen-bond donors (Lipinski definition) is 0. The monoisotopic (exact) mass is 470 g/mol. The first kappa shape index (κ1) is 14.2. The van der Waals surface area contributed by atoms with E-state index in [-0.39, 0.29) is 19.5 Å². The molecule has 0 aromatic heterocycles. The van der Waals surface area contributed by atoms with Gasteiger partial charge < -0.3 is 0 Å². The first-order valence-corrected chi connectivity index (χ1v) is 14.3. The van der Waals surface area contributed by atoms with Crippen LogP contribution in [0.2, 0.25) is 0 Å². The van der Waals surface area contributed by atoms with E-state index < -0.39 is 0 Å². The van der Waals surface area contributed by atoms with Crippen molar-refractivity contribution in [3.63, 3.8) is 0 Å². The normalized spacial score (nSPS) is 24.0. The smallest absolute Gasteiger partial charge is 0 e. The van der Waals surface area contributed by atoms with Crippen LogP contribution in [0.4, 0.5) is 0 Å². The topological polar surface area (TPSA) is 0 Å². The van der Waals surface area contributed by atoms with Gasteiger partial charge in [0.1, 0.15) is 0 Å². The minimum Gasteiger partial charge on any atom is 0 e. The van der Waals surface area contributed by atoms with Crippen LogP contribution in [0, 0.1) is 61.0 Å². The zero-order valence-corrected chi connectivity index (χ0v) is 14.1. The van der Waals surface area contributed by atoms with Gasteiger partial charge in [0.25, 0.3) is 0 Å². The van der Waals surface area contributed by atoms with Gasteiger partial charge in [0, 0.05) is 19.5 Å². The third kappa shape index (κ3) is 5.01. The van der Waals surface area contributed by atoms with Crippen molar-refractivity contribution in [2.75, 3.05) is 0 Å². The van der Waals surface area contributed by atoms with E-state index in [4.69, 9.17) is 0 Å². The van der Waals surface area contributed by atoms with Crippen molar-refractivity contribution >= 4 is 37.6 Å². The fourth-order valence-electron chi connectivity index (χ4n) is 0.919. The fraction of sp³-hybridized carbons (Fsp3) is 0. The molecule has 2 saturated carbocycles. The molecule has 2 fully saturated rings. The van der Waals surface area contributed by atoms with Crippen molar-refractivity contribution in [3.05, 3.63) is 61.0 Å². The summed E-state index contributed by atoms with van der Waals surface area (Å²) in [5, 5.41) is 0. The van der Waals surface area contributed by atoms with E-state index in [2.05, 4.69) is 51.4 Å². The molecule has 0 aliphatic heterocycles. The maximum absolute atomic E-state index is 2.25. The molecule has 0 nitrogen and oxygen atoms in total. The molecule has 0 N–H and O–H groups in total. The maximum Gasteiger partial charge on any atom is 0 e. The van der Waals surface area contributed by atoms with Gasteiger partial charge in [-0.15, -0.1) is 0 Å². The molecule has 0 atom stereocenters. The molecule has 0 bridgehead atoms. The molecule has 2 aliphatic carbocycles. The maximum atomic E-state index is 2.25. The Balaban J connectivity index is 0.000000980. The fourth-order valence-corrected chi connectivity index (χ4v) is 17.8. The predicted molar refractivity (Wildman–Crippen MR) is 58.1 cm³/mol. The molecule has 0 saturated heterocycles. The minimum absolute atomic E-state index is 0. The summed E-state index contributed by atoms with van der Waals surface area (Å²) in [4.78, 5) is 3.14. The van der Waals surface area contributed by atoms with Crippen LogP contribution in [-0.4, -0.2) is 37.6 Å². The van der Waals surface area contributed by atoms with Crippen molar-refractivity contribution in [1.82, 2.24) is 0 Å². The van der Waals surface area contributed by atoms with Crippen LogP contribution in [0.15, 0.2) is 0 Å². The summed E-state index contributed by atoms with van der Waals surface area (Å²) in [5.74, 6) is 0. The summed E-state index contributed by atoms with van der Waals surface area (Å²) < 4.78 is 0. The molecule has 10 radical (unpaired) electrons. The van der Waals surface area contributed by atoms with E-state index in [1.165, 1.54) is 0 Å². The van der Waals surface area contributed by atoms with Gasteiger partial charge in [-0.2, -0.15) is 0 Å². The van der Waals surface area contributed by atoms with Crippen LogP contribution in [-0.2, 0) is 19.5 Å². The predicted octanol–water partition coefficient (Wildman–Crippen LogP) is 0.652. The van der Waals surface area contributed by atoms with E-state index in [0.717, 1.165) is 37.6 Å². The second-order valence-corrected chi connectivity index (χ2v) is 18.3. The zero-order chi connectivity index (χ0) is 8.93. The van der Waals surface area contributed by atoms with Crippen molar-refractivity contribution < 1.29 is 19.5 Å². The molecule has 4 heteroatoms. The summed E-state index contributed by atoms with van der Waals surface area (Å²) in [7, 11) is 0. The van der Waals surface area contributed by atoms with Gasteiger partial charge in [-0.1, -0.05) is 0 Å². The van der Waals surface area contributed by atoms with Gasteiger partial charge in [0.15, 0.2) is 0 Å². The standard InChI is InChI=1S/C10H8Se3.Ru/c1-2-6-9(5-1)11-13-12-10-7-3-4-8-10;/h1-8H;. The van der Waals surface area contributed by atoms with Crippen LogP contribution in [0.1, 0.15) is 0 Å².